The zero-order valence-corrected chi connectivity index (χ0v) is 77.1. The number of hydrogen-bond donors (Lipinski definition) is 6. The maximum atomic E-state index is 13.5. The lowest BCUT2D eigenvalue weighted by Crippen LogP contribution is -2.60. The molecule has 18 rings (SSSR count). The quantitative estimate of drug-likeness (QED) is 0.0397. The van der Waals surface area contributed by atoms with Crippen molar-refractivity contribution in [3.05, 3.63) is 24.3 Å². The van der Waals surface area contributed by atoms with E-state index < -0.39 is 118 Å². The number of esters is 6. The molecule has 0 aromatic heterocycles. The first-order valence-electron chi connectivity index (χ1n) is 44.6. The first-order valence-corrected chi connectivity index (χ1v) is 44.6. The van der Waals surface area contributed by atoms with Crippen LogP contribution >= 0.6 is 0 Å². The number of carboxylic acids is 6. The van der Waals surface area contributed by atoms with E-state index in [1.54, 1.807) is 102 Å². The lowest BCUT2D eigenvalue weighted by atomic mass is 9.50. The Morgan fingerprint density at radius 1 is 0.320 bits per heavy atom. The smallest absolute Gasteiger partial charge is 0.481 e. The van der Waals surface area contributed by atoms with Crippen LogP contribution in [0.3, 0.4) is 0 Å². The molecule has 0 radical (unpaired) electrons. The number of aliphatic carboxylic acids is 6. The number of hydrogen-bond acceptors (Lipinski definition) is 18. The Morgan fingerprint density at radius 2 is 0.525 bits per heavy atom. The Kier molecular flexibility index (Phi) is 31.4. The minimum Gasteiger partial charge on any atom is -0.481 e. The summed E-state index contributed by atoms with van der Waals surface area (Å²) >= 11 is 0. The minimum absolute atomic E-state index is 0. The van der Waals surface area contributed by atoms with Crippen molar-refractivity contribution in [2.75, 3.05) is 13.2 Å². The molecule has 694 valence electrons. The van der Waals surface area contributed by atoms with Crippen molar-refractivity contribution in [3.8, 4) is 0 Å². The second kappa shape index (κ2) is 36.8. The first kappa shape index (κ1) is 104. The van der Waals surface area contributed by atoms with Crippen molar-refractivity contribution < 1.29 is 122 Å². The summed E-state index contributed by atoms with van der Waals surface area (Å²) in [4.78, 5) is 141. The third-order valence-corrected chi connectivity index (χ3v) is 35.3. The van der Waals surface area contributed by atoms with Gasteiger partial charge in [-0.2, -0.15) is 0 Å². The topological polar surface area (TPSA) is 382 Å². The number of carbonyl (C=O) groups is 12. The van der Waals surface area contributed by atoms with Gasteiger partial charge in [-0.05, 0) is 389 Å². The Balaban J connectivity index is 0.000000515. The number of carbonyl (C=O) groups excluding carboxylic acids is 6. The van der Waals surface area contributed by atoms with Crippen LogP contribution in [0.15, 0.2) is 24.3 Å². The zero-order chi connectivity index (χ0) is 90.9. The van der Waals surface area contributed by atoms with Gasteiger partial charge in [0.25, 0.3) is 0 Å². The fourth-order valence-electron chi connectivity index (χ4n) is 22.2. The molecule has 2 saturated heterocycles. The largest absolute Gasteiger partial charge is 1.00 e. The maximum Gasteiger partial charge on any atom is 1.00 e. The van der Waals surface area contributed by atoms with Crippen molar-refractivity contribution in [2.45, 2.75) is 358 Å². The molecule has 122 heavy (non-hydrogen) atoms. The summed E-state index contributed by atoms with van der Waals surface area (Å²) in [6.07, 6.45) is 27.2. The maximum absolute atomic E-state index is 13.5. The average molecular weight is 1720 g/mol. The van der Waals surface area contributed by atoms with E-state index in [-0.39, 0.29) is 63.4 Å². The normalized spacial score (nSPS) is 33.6. The van der Waals surface area contributed by atoms with Crippen LogP contribution in [0.4, 0.5) is 0 Å². The summed E-state index contributed by atoms with van der Waals surface area (Å²) in [6.45, 7) is 48.2. The van der Waals surface area contributed by atoms with Crippen LogP contribution in [0.25, 0.3) is 0 Å². The van der Waals surface area contributed by atoms with Gasteiger partial charge >= 0.3 is 77.3 Å². The van der Waals surface area contributed by atoms with E-state index in [0.29, 0.717) is 55.0 Å². The SMILES string of the molecule is C.C.C=C1C2CC3CC(C2)CC1C3.C=C1CCOC(=O)C1.CC(C)(C(=O)O)C(C)(C)C(=O)O.CC(C)(C(=O)O)C(C)(C)C(=O)O.CC1(OC(=O)C(C)(C)C(C)(C)C(=O)O)C2CC3CC(C2)CC1C3.CC1(OC(=O)C(C)(C)C(C)(C)C(=O)O)C2CC3CC(C2)CC1C3.CC1(OC(=O)C(C)(C)C(C)(C)C(=O)OC2(C)C3CC4CC(C3)CC2C4)CCOC(=O)C1.[H+].[H+].[H+].[H+]. The number of ether oxygens (including phenoxy) is 6. The highest BCUT2D eigenvalue weighted by Crippen LogP contribution is 2.64. The molecule has 16 bridgehead atoms. The molecule has 6 N–H and O–H groups in total. The van der Waals surface area contributed by atoms with E-state index in [4.69, 9.17) is 44.1 Å². The molecule has 16 aliphatic carbocycles. The summed E-state index contributed by atoms with van der Waals surface area (Å²) in [6, 6.07) is 0. The second-order valence-corrected chi connectivity index (χ2v) is 45.5. The van der Waals surface area contributed by atoms with Gasteiger partial charge in [0.15, 0.2) is 0 Å². The lowest BCUT2D eigenvalue weighted by Gasteiger charge is -2.59. The zero-order valence-electron chi connectivity index (χ0n) is 81.1. The minimum atomic E-state index is -1.27. The fraction of sp³-hybridized carbons (Fsp3) is 0.837. The molecule has 0 aromatic rings. The molecule has 18 fully saturated rings. The molecule has 24 heteroatoms. The van der Waals surface area contributed by atoms with Gasteiger partial charge < -0.3 is 59.1 Å². The molecule has 2 aliphatic heterocycles. The Hall–Kier alpha value is -6.88. The number of rotatable bonds is 19. The summed E-state index contributed by atoms with van der Waals surface area (Å²) < 4.78 is 34.0. The van der Waals surface area contributed by atoms with Gasteiger partial charge in [0, 0.05) is 12.8 Å². The van der Waals surface area contributed by atoms with Crippen LogP contribution in [0, 0.1) is 149 Å². The predicted octanol–water partition coefficient (Wildman–Crippen LogP) is 20.2. The molecular weight excluding hydrogens is 1560 g/mol. The highest BCUT2D eigenvalue weighted by atomic mass is 16.6. The third kappa shape index (κ3) is 20.4. The van der Waals surface area contributed by atoms with Crippen molar-refractivity contribution in [2.24, 2.45) is 149 Å². The monoisotopic (exact) mass is 1720 g/mol. The van der Waals surface area contributed by atoms with Crippen LogP contribution in [-0.4, -0.2) is 138 Å². The van der Waals surface area contributed by atoms with Crippen LogP contribution in [0.5, 0.6) is 0 Å². The summed E-state index contributed by atoms with van der Waals surface area (Å²) in [5.41, 5.74) is -11.2. The molecule has 1 unspecified atom stereocenters. The van der Waals surface area contributed by atoms with Crippen LogP contribution < -0.4 is 0 Å². The van der Waals surface area contributed by atoms with Crippen molar-refractivity contribution >= 4 is 71.6 Å². The van der Waals surface area contributed by atoms with E-state index in [0.717, 1.165) is 96.9 Å². The van der Waals surface area contributed by atoms with Crippen LogP contribution in [-0.2, 0) is 86.0 Å². The van der Waals surface area contributed by atoms with Gasteiger partial charge in [0.1, 0.15) is 22.4 Å². The average Bonchev–Trinajstić information content (AvgIpc) is 0.732. The highest BCUT2D eigenvalue weighted by molar-refractivity contribution is 5.90. The summed E-state index contributed by atoms with van der Waals surface area (Å²) in [5.74, 6) is 3.19. The van der Waals surface area contributed by atoms with Gasteiger partial charge in [-0.3, -0.25) is 57.5 Å². The van der Waals surface area contributed by atoms with Gasteiger partial charge in [-0.15, -0.1) is 0 Å². The lowest BCUT2D eigenvalue weighted by molar-refractivity contribution is -0.220. The van der Waals surface area contributed by atoms with E-state index in [9.17, 15) is 67.7 Å². The molecule has 24 nitrogen and oxygen atoms in total. The molecular formula is C98H162O24+4. The number of cyclic esters (lactones) is 2. The first-order chi connectivity index (χ1) is 54.6. The molecule has 16 saturated carbocycles. The van der Waals surface area contributed by atoms with Crippen molar-refractivity contribution in [1.82, 2.24) is 0 Å². The molecule has 1 atom stereocenters. The van der Waals surface area contributed by atoms with Crippen molar-refractivity contribution in [1.29, 1.82) is 0 Å². The van der Waals surface area contributed by atoms with E-state index in [2.05, 4.69) is 38.7 Å². The number of allylic oxidation sites excluding steroid dienone is 1. The molecule has 0 aromatic carbocycles. The van der Waals surface area contributed by atoms with Crippen LogP contribution in [0.1, 0.15) is 341 Å². The van der Waals surface area contributed by atoms with Crippen molar-refractivity contribution in [3.63, 3.8) is 0 Å². The van der Waals surface area contributed by atoms with E-state index >= 15 is 0 Å². The van der Waals surface area contributed by atoms with E-state index in [1.807, 2.05) is 0 Å². The van der Waals surface area contributed by atoms with Crippen LogP contribution in [0.2, 0.25) is 0 Å². The Labute approximate surface area is 734 Å². The second-order valence-electron chi connectivity index (χ2n) is 45.5. The van der Waals surface area contributed by atoms with Gasteiger partial charge in [0.2, 0.25) is 0 Å². The van der Waals surface area contributed by atoms with E-state index in [1.165, 1.54) is 152 Å². The van der Waals surface area contributed by atoms with Gasteiger partial charge in [-0.1, -0.05) is 39.2 Å². The molecule has 0 amide bonds. The summed E-state index contributed by atoms with van der Waals surface area (Å²) in [7, 11) is 0. The van der Waals surface area contributed by atoms with Gasteiger partial charge in [-0.25, -0.2) is 0 Å². The molecule has 18 aliphatic rings. The standard InChI is InChI=1S/C25H38O6.2C19H30O4.C11H16.2C8H14O4.C6H8O2.2CH4/c1-22(2,20(27)30-24(5)7-8-29-19(26)14-24)23(3,4)21(28)31-25(6)17-10-15-9-16(12-17)13-18(25)11-15;2*1-17(2,15(20)21)18(3,4)16(22)23-19(5)13-7-11-6-12(9-13)10-14(19)8-11;1-7-10-3-8-2-9(5-10)6-11(7)4-8;2*1-7(2,5(9)10)8(3,4)6(11)12;1-5-2-3-8-6(7)4-5;;/h15-18H,7-14H2,1-6H3;2*11-14H,6-10H2,1-5H3,(H,20,21);8-11H,1-6H2;2*1-4H3,(H,9,10)(H,11,12);1-4H2;2*1H4/p+4. The molecule has 0 spiro atoms. The Morgan fingerprint density at radius 3 is 0.730 bits per heavy atom. The molecule has 2 heterocycles. The summed E-state index contributed by atoms with van der Waals surface area (Å²) in [5, 5.41) is 54.0. The Bertz CT molecular complexity index is 3630. The predicted molar refractivity (Wildman–Crippen MR) is 466 cm³/mol. The van der Waals surface area contributed by atoms with Gasteiger partial charge in [0.05, 0.1) is 80.2 Å². The highest BCUT2D eigenvalue weighted by Gasteiger charge is 2.64. The fourth-order valence-corrected chi connectivity index (χ4v) is 22.2. The number of carboxylic acid groups (broad SMARTS) is 6. The third-order valence-electron chi connectivity index (χ3n) is 35.3.